The van der Waals surface area contributed by atoms with Gasteiger partial charge in [0.2, 0.25) is 0 Å². The first-order chi connectivity index (χ1) is 7.90. The Morgan fingerprint density at radius 1 is 1.41 bits per heavy atom. The van der Waals surface area contributed by atoms with Crippen molar-refractivity contribution >= 4 is 17.6 Å². The molecule has 1 aromatic rings. The fourth-order valence-corrected chi connectivity index (χ4v) is 2.61. The molecule has 0 aromatic heterocycles. The maximum Gasteiger partial charge on any atom is 0.314 e. The maximum atomic E-state index is 11.4. The number of carboxylic acids is 1. The molecule has 2 N–H and O–H groups in total. The third-order valence-electron chi connectivity index (χ3n) is 3.88. The summed E-state index contributed by atoms with van der Waals surface area (Å²) in [5.41, 5.74) is 1.24. The fourth-order valence-electron chi connectivity index (χ4n) is 2.36. The summed E-state index contributed by atoms with van der Waals surface area (Å²) < 4.78 is 0. The highest BCUT2D eigenvalue weighted by atomic mass is 35.5. The first-order valence-electron chi connectivity index (χ1n) is 5.62. The molecule has 92 valence electrons. The molecule has 0 saturated heterocycles. The summed E-state index contributed by atoms with van der Waals surface area (Å²) in [6.45, 7) is 3.69. The molecular weight excluding hydrogens is 240 g/mol. The van der Waals surface area contributed by atoms with Gasteiger partial charge in [-0.3, -0.25) is 4.79 Å². The van der Waals surface area contributed by atoms with Gasteiger partial charge in [0.1, 0.15) is 5.75 Å². The third-order valence-corrected chi connectivity index (χ3v) is 4.34. The highest BCUT2D eigenvalue weighted by Gasteiger charge is 2.48. The van der Waals surface area contributed by atoms with Crippen molar-refractivity contribution in [3.63, 3.8) is 0 Å². The molecular formula is C13H15ClO3. The van der Waals surface area contributed by atoms with Gasteiger partial charge in [-0.2, -0.15) is 0 Å². The summed E-state index contributed by atoms with van der Waals surface area (Å²) in [6.07, 6.45) is 2.00. The van der Waals surface area contributed by atoms with Gasteiger partial charge in [0.25, 0.3) is 0 Å². The maximum absolute atomic E-state index is 11.4. The summed E-state index contributed by atoms with van der Waals surface area (Å²) >= 11 is 6.04. The van der Waals surface area contributed by atoms with Gasteiger partial charge in [-0.05, 0) is 37.8 Å². The average Bonchev–Trinajstić information content (AvgIpc) is 2.20. The second-order valence-corrected chi connectivity index (χ2v) is 5.15. The van der Waals surface area contributed by atoms with Crippen LogP contribution in [0.3, 0.4) is 0 Å². The number of aromatic hydroxyl groups is 1. The van der Waals surface area contributed by atoms with Crippen LogP contribution in [-0.4, -0.2) is 16.2 Å². The molecule has 0 spiro atoms. The number of phenols is 1. The largest absolute Gasteiger partial charge is 0.506 e. The monoisotopic (exact) mass is 254 g/mol. The molecule has 4 heteroatoms. The quantitative estimate of drug-likeness (QED) is 0.852. The number of hydrogen-bond acceptors (Lipinski definition) is 2. The minimum Gasteiger partial charge on any atom is -0.506 e. The van der Waals surface area contributed by atoms with E-state index in [0.29, 0.717) is 18.4 Å². The van der Waals surface area contributed by atoms with Gasteiger partial charge in [0.15, 0.2) is 0 Å². The summed E-state index contributed by atoms with van der Waals surface area (Å²) in [4.78, 5) is 11.4. The van der Waals surface area contributed by atoms with Gasteiger partial charge < -0.3 is 10.2 Å². The Balaban J connectivity index is 2.64. The van der Waals surface area contributed by atoms with Crippen LogP contribution in [0.2, 0.25) is 5.02 Å². The molecule has 0 atom stereocenters. The Kier molecular flexibility index (Phi) is 2.82. The summed E-state index contributed by atoms with van der Waals surface area (Å²) in [5.74, 6) is -0.949. The lowest BCUT2D eigenvalue weighted by molar-refractivity contribution is -0.147. The number of halogens is 1. The van der Waals surface area contributed by atoms with Gasteiger partial charge in [-0.25, -0.2) is 0 Å². The smallest absolute Gasteiger partial charge is 0.314 e. The third kappa shape index (κ3) is 1.61. The van der Waals surface area contributed by atoms with Gasteiger partial charge in [-0.15, -0.1) is 0 Å². The molecule has 3 nitrogen and oxygen atoms in total. The summed E-state index contributed by atoms with van der Waals surface area (Å²) in [6, 6.07) is 1.75. The Morgan fingerprint density at radius 2 is 2.00 bits per heavy atom. The van der Waals surface area contributed by atoms with Gasteiger partial charge >= 0.3 is 5.97 Å². The van der Waals surface area contributed by atoms with Crippen molar-refractivity contribution in [2.75, 3.05) is 0 Å². The van der Waals surface area contributed by atoms with E-state index in [0.717, 1.165) is 17.5 Å². The predicted octanol–water partition coefficient (Wildman–Crippen LogP) is 3.17. The molecule has 1 fully saturated rings. The van der Waals surface area contributed by atoms with E-state index >= 15 is 0 Å². The van der Waals surface area contributed by atoms with Crippen LogP contribution in [0, 0.1) is 13.8 Å². The summed E-state index contributed by atoms with van der Waals surface area (Å²) in [5, 5.41) is 19.7. The van der Waals surface area contributed by atoms with Crippen molar-refractivity contribution < 1.29 is 15.0 Å². The van der Waals surface area contributed by atoms with Crippen LogP contribution in [-0.2, 0) is 10.2 Å². The molecule has 0 aliphatic heterocycles. The molecule has 1 aromatic carbocycles. The Labute approximate surface area is 105 Å². The van der Waals surface area contributed by atoms with E-state index in [1.807, 2.05) is 13.8 Å². The van der Waals surface area contributed by atoms with Crippen LogP contribution in [0.5, 0.6) is 5.75 Å². The minimum atomic E-state index is -0.938. The van der Waals surface area contributed by atoms with Crippen molar-refractivity contribution in [2.45, 2.75) is 38.5 Å². The molecule has 1 saturated carbocycles. The van der Waals surface area contributed by atoms with Crippen molar-refractivity contribution in [3.05, 3.63) is 27.8 Å². The molecule has 17 heavy (non-hydrogen) atoms. The van der Waals surface area contributed by atoms with Crippen LogP contribution < -0.4 is 0 Å². The van der Waals surface area contributed by atoms with Gasteiger partial charge in [0.05, 0.1) is 10.4 Å². The van der Waals surface area contributed by atoms with E-state index in [2.05, 4.69) is 0 Å². The second-order valence-electron chi connectivity index (χ2n) is 4.77. The number of aliphatic carboxylic acids is 1. The van der Waals surface area contributed by atoms with Gasteiger partial charge in [0, 0.05) is 5.56 Å². The first kappa shape index (κ1) is 12.2. The summed E-state index contributed by atoms with van der Waals surface area (Å²) in [7, 11) is 0. The molecule has 0 unspecified atom stereocenters. The van der Waals surface area contributed by atoms with E-state index in [1.165, 1.54) is 0 Å². The zero-order valence-electron chi connectivity index (χ0n) is 9.88. The Morgan fingerprint density at radius 3 is 2.41 bits per heavy atom. The molecule has 0 heterocycles. The predicted molar refractivity (Wildman–Crippen MR) is 65.8 cm³/mol. The van der Waals surface area contributed by atoms with Crippen LogP contribution in [0.1, 0.15) is 36.0 Å². The van der Waals surface area contributed by atoms with E-state index in [-0.39, 0.29) is 10.8 Å². The lowest BCUT2D eigenvalue weighted by Gasteiger charge is -2.38. The second kappa shape index (κ2) is 3.91. The normalized spacial score (nSPS) is 17.6. The van der Waals surface area contributed by atoms with Crippen molar-refractivity contribution in [3.8, 4) is 5.75 Å². The van der Waals surface area contributed by atoms with E-state index in [1.54, 1.807) is 6.07 Å². The van der Waals surface area contributed by atoms with Crippen LogP contribution >= 0.6 is 11.6 Å². The number of rotatable bonds is 2. The highest BCUT2D eigenvalue weighted by molar-refractivity contribution is 6.33. The molecule has 1 aliphatic carbocycles. The SMILES string of the molecule is Cc1cc(C2(C(=O)O)CCC2)c(O)c(Cl)c1C. The number of carboxylic acid groups (broad SMARTS) is 1. The number of phenolic OH excluding ortho intramolecular Hbond substituents is 1. The van der Waals surface area contributed by atoms with Crippen molar-refractivity contribution in [1.82, 2.24) is 0 Å². The minimum absolute atomic E-state index is 0.0723. The molecule has 1 aliphatic rings. The average molecular weight is 255 g/mol. The first-order valence-corrected chi connectivity index (χ1v) is 6.00. The van der Waals surface area contributed by atoms with E-state index in [4.69, 9.17) is 11.6 Å². The number of hydrogen-bond donors (Lipinski definition) is 2. The molecule has 0 bridgehead atoms. The number of carbonyl (C=O) groups is 1. The lowest BCUT2D eigenvalue weighted by Crippen LogP contribution is -2.42. The number of benzene rings is 1. The molecule has 2 rings (SSSR count). The lowest BCUT2D eigenvalue weighted by atomic mass is 9.64. The highest BCUT2D eigenvalue weighted by Crippen LogP contribution is 2.49. The van der Waals surface area contributed by atoms with E-state index < -0.39 is 11.4 Å². The van der Waals surface area contributed by atoms with E-state index in [9.17, 15) is 15.0 Å². The zero-order valence-corrected chi connectivity index (χ0v) is 10.6. The van der Waals surface area contributed by atoms with Gasteiger partial charge in [-0.1, -0.05) is 24.1 Å². The Hall–Kier alpha value is -1.22. The zero-order chi connectivity index (χ0) is 12.8. The molecule has 0 amide bonds. The van der Waals surface area contributed by atoms with Crippen molar-refractivity contribution in [2.24, 2.45) is 0 Å². The number of aryl methyl sites for hydroxylation is 1. The van der Waals surface area contributed by atoms with Crippen molar-refractivity contribution in [1.29, 1.82) is 0 Å². The van der Waals surface area contributed by atoms with Crippen LogP contribution in [0.15, 0.2) is 6.07 Å². The fraction of sp³-hybridized carbons (Fsp3) is 0.462. The Bertz CT molecular complexity index is 490. The van der Waals surface area contributed by atoms with Crippen LogP contribution in [0.25, 0.3) is 0 Å². The molecule has 0 radical (unpaired) electrons. The van der Waals surface area contributed by atoms with Crippen LogP contribution in [0.4, 0.5) is 0 Å². The topological polar surface area (TPSA) is 57.5 Å². The standard InChI is InChI=1S/C13H15ClO3/c1-7-6-9(11(15)10(14)8(7)2)13(12(16)17)4-3-5-13/h6,15H,3-5H2,1-2H3,(H,16,17).